The number of rotatable bonds is 8. The zero-order chi connectivity index (χ0) is 22.2. The van der Waals surface area contributed by atoms with E-state index in [1.807, 2.05) is 0 Å². The predicted octanol–water partition coefficient (Wildman–Crippen LogP) is 0.853. The molecule has 2 fully saturated rings. The van der Waals surface area contributed by atoms with Gasteiger partial charge in [-0.3, -0.25) is 4.57 Å². The second-order valence-corrected chi connectivity index (χ2v) is 9.84. The van der Waals surface area contributed by atoms with E-state index in [4.69, 9.17) is 30.9 Å². The molecule has 0 aromatic carbocycles. The first kappa shape index (κ1) is 22.8. The first-order valence-electron chi connectivity index (χ1n) is 10.0. The first-order valence-corrected chi connectivity index (χ1v) is 12.2. The van der Waals surface area contributed by atoms with Crippen molar-refractivity contribution in [3.05, 3.63) is 11.5 Å². The number of aliphatic hydroxyl groups excluding tert-OH is 2. The molecule has 172 valence electrons. The van der Waals surface area contributed by atoms with E-state index in [2.05, 4.69) is 20.4 Å². The van der Waals surface area contributed by atoms with Crippen LogP contribution in [0.2, 0.25) is 5.28 Å². The molecule has 0 unspecified atom stereocenters. The molecule has 2 aromatic rings. The molecule has 4 atom stereocenters. The monoisotopic (exact) mass is 477 g/mol. The highest BCUT2D eigenvalue weighted by Gasteiger charge is 2.45. The van der Waals surface area contributed by atoms with Crippen molar-refractivity contribution in [3.8, 4) is 0 Å². The maximum atomic E-state index is 10.9. The van der Waals surface area contributed by atoms with E-state index in [9.17, 15) is 14.8 Å². The zero-order valence-corrected chi connectivity index (χ0v) is 18.2. The Balaban J connectivity index is 1.51. The number of halogens is 1. The van der Waals surface area contributed by atoms with Gasteiger partial charge in [-0.15, -0.1) is 0 Å². The SMILES string of the molecule is O=P(O)(O)COC[C@H]1O[C@@H](n2ncc3c(NCC4CCCC4)nc(Cl)nc32)[C@H](O)[C@@H]1O. The van der Waals surface area contributed by atoms with E-state index in [0.717, 1.165) is 6.54 Å². The lowest BCUT2D eigenvalue weighted by atomic mass is 10.1. The smallest absolute Gasteiger partial charge is 0.350 e. The molecule has 2 aromatic heterocycles. The van der Waals surface area contributed by atoms with Crippen LogP contribution in [0, 0.1) is 5.92 Å². The molecular formula is C17H25ClN5O7P. The fraction of sp³-hybridized carbons (Fsp3) is 0.706. The van der Waals surface area contributed by atoms with Crippen molar-refractivity contribution in [2.45, 2.75) is 50.2 Å². The molecule has 1 aliphatic carbocycles. The van der Waals surface area contributed by atoms with Gasteiger partial charge in [-0.25, -0.2) is 4.68 Å². The molecule has 5 N–H and O–H groups in total. The summed E-state index contributed by atoms with van der Waals surface area (Å²) in [6.45, 7) is 0.441. The Morgan fingerprint density at radius 2 is 2.00 bits per heavy atom. The van der Waals surface area contributed by atoms with Gasteiger partial charge in [0.25, 0.3) is 0 Å². The second kappa shape index (κ2) is 9.24. The molecular weight excluding hydrogens is 453 g/mol. The Morgan fingerprint density at radius 1 is 1.26 bits per heavy atom. The van der Waals surface area contributed by atoms with Crippen LogP contribution in [0.3, 0.4) is 0 Å². The van der Waals surface area contributed by atoms with Crippen molar-refractivity contribution in [2.24, 2.45) is 5.92 Å². The minimum Gasteiger partial charge on any atom is -0.387 e. The number of fused-ring (bicyclic) bond motifs is 1. The normalized spacial score (nSPS) is 27.4. The number of anilines is 1. The number of ether oxygens (including phenoxy) is 2. The molecule has 1 saturated carbocycles. The zero-order valence-electron chi connectivity index (χ0n) is 16.5. The van der Waals surface area contributed by atoms with Crippen molar-refractivity contribution in [3.63, 3.8) is 0 Å². The molecule has 0 radical (unpaired) electrons. The average molecular weight is 478 g/mol. The summed E-state index contributed by atoms with van der Waals surface area (Å²) in [5, 5.41) is 28.9. The number of nitrogens with one attached hydrogen (secondary N) is 1. The fourth-order valence-electron chi connectivity index (χ4n) is 4.03. The summed E-state index contributed by atoms with van der Waals surface area (Å²) in [6.07, 6.45) is 0.679. The van der Waals surface area contributed by atoms with Crippen molar-refractivity contribution >= 4 is 36.0 Å². The Bertz CT molecular complexity index is 966. The van der Waals surface area contributed by atoms with Gasteiger partial charge in [0.05, 0.1) is 18.2 Å². The lowest BCUT2D eigenvalue weighted by Crippen LogP contribution is -2.34. The molecule has 2 aliphatic rings. The van der Waals surface area contributed by atoms with Crippen LogP contribution >= 0.6 is 19.2 Å². The summed E-state index contributed by atoms with van der Waals surface area (Å²) >= 11 is 6.11. The third kappa shape index (κ3) is 5.18. The number of hydrogen-bond donors (Lipinski definition) is 5. The third-order valence-corrected chi connectivity index (χ3v) is 6.27. The molecule has 0 spiro atoms. The number of nitrogens with zero attached hydrogens (tertiary/aromatic N) is 4. The summed E-state index contributed by atoms with van der Waals surface area (Å²) in [5.41, 5.74) is 0.321. The second-order valence-electron chi connectivity index (χ2n) is 7.91. The molecule has 4 rings (SSSR count). The molecule has 1 saturated heterocycles. The predicted molar refractivity (Wildman–Crippen MR) is 110 cm³/mol. The topological polar surface area (TPSA) is 172 Å². The van der Waals surface area contributed by atoms with E-state index >= 15 is 0 Å². The molecule has 12 nitrogen and oxygen atoms in total. The summed E-state index contributed by atoms with van der Waals surface area (Å²) in [7, 11) is -4.36. The van der Waals surface area contributed by atoms with Gasteiger partial charge < -0.3 is 34.8 Å². The average Bonchev–Trinajstić information content (AvgIpc) is 3.41. The standard InChI is InChI=1S/C17H25ClN5O7P/c18-17-21-14(19-5-9-3-1-2-4-9)10-6-20-23(15(10)22-17)16-13(25)12(24)11(30-16)7-29-8-31(26,27)28/h6,9,11-13,16,24-25H,1-5,7-8H2,(H,19,21,22)(H2,26,27,28)/t11-,12-,13-,16-/m1/s1. The first-order chi connectivity index (χ1) is 14.7. The van der Waals surface area contributed by atoms with E-state index in [0.29, 0.717) is 22.8 Å². The number of aromatic nitrogens is 4. The highest BCUT2D eigenvalue weighted by atomic mass is 35.5. The lowest BCUT2D eigenvalue weighted by Gasteiger charge is -2.16. The van der Waals surface area contributed by atoms with Crippen molar-refractivity contribution in [1.82, 2.24) is 19.7 Å². The Morgan fingerprint density at radius 3 is 2.71 bits per heavy atom. The van der Waals surface area contributed by atoms with Crippen LogP contribution in [0.15, 0.2) is 6.20 Å². The van der Waals surface area contributed by atoms with Gasteiger partial charge in [-0.05, 0) is 30.4 Å². The van der Waals surface area contributed by atoms with Crippen LogP contribution in [0.1, 0.15) is 31.9 Å². The van der Waals surface area contributed by atoms with Gasteiger partial charge in [0, 0.05) is 6.54 Å². The van der Waals surface area contributed by atoms with E-state index in [1.165, 1.54) is 36.6 Å². The highest BCUT2D eigenvalue weighted by molar-refractivity contribution is 7.51. The van der Waals surface area contributed by atoms with E-state index in [-0.39, 0.29) is 11.9 Å². The van der Waals surface area contributed by atoms with Gasteiger partial charge in [-0.1, -0.05) is 12.8 Å². The highest BCUT2D eigenvalue weighted by Crippen LogP contribution is 2.36. The minimum absolute atomic E-state index is 0.00210. The molecule has 14 heteroatoms. The Hall–Kier alpha value is -1.37. The molecule has 0 amide bonds. The van der Waals surface area contributed by atoms with Gasteiger partial charge in [-0.2, -0.15) is 15.1 Å². The van der Waals surface area contributed by atoms with Crippen LogP contribution in [0.25, 0.3) is 11.0 Å². The van der Waals surface area contributed by atoms with Crippen molar-refractivity contribution in [1.29, 1.82) is 0 Å². The van der Waals surface area contributed by atoms with Crippen LogP contribution < -0.4 is 5.32 Å². The maximum Gasteiger partial charge on any atom is 0.350 e. The minimum atomic E-state index is -4.36. The molecule has 0 bridgehead atoms. The van der Waals surface area contributed by atoms with E-state index in [1.54, 1.807) is 0 Å². The third-order valence-electron chi connectivity index (χ3n) is 5.58. The quantitative estimate of drug-likeness (QED) is 0.269. The summed E-state index contributed by atoms with van der Waals surface area (Å²) in [4.78, 5) is 26.2. The van der Waals surface area contributed by atoms with Crippen LogP contribution in [0.4, 0.5) is 5.82 Å². The Kier molecular flexibility index (Phi) is 6.80. The van der Waals surface area contributed by atoms with Gasteiger partial charge in [0.15, 0.2) is 11.9 Å². The van der Waals surface area contributed by atoms with Gasteiger partial charge in [0.1, 0.15) is 30.5 Å². The van der Waals surface area contributed by atoms with Crippen molar-refractivity contribution < 1.29 is 34.0 Å². The summed E-state index contributed by atoms with van der Waals surface area (Å²) < 4.78 is 22.8. The summed E-state index contributed by atoms with van der Waals surface area (Å²) in [5.74, 6) is 1.10. The van der Waals surface area contributed by atoms with Crippen LogP contribution in [0.5, 0.6) is 0 Å². The number of aliphatic hydroxyl groups is 2. The van der Waals surface area contributed by atoms with Crippen LogP contribution in [-0.4, -0.2) is 77.6 Å². The molecule has 1 aliphatic heterocycles. The van der Waals surface area contributed by atoms with Gasteiger partial charge in [0.2, 0.25) is 5.28 Å². The fourth-order valence-corrected chi connectivity index (χ4v) is 4.54. The lowest BCUT2D eigenvalue weighted by molar-refractivity contribution is -0.0658. The molecule has 31 heavy (non-hydrogen) atoms. The van der Waals surface area contributed by atoms with Gasteiger partial charge >= 0.3 is 7.60 Å². The Labute approximate surface area is 182 Å². The van der Waals surface area contributed by atoms with Crippen molar-refractivity contribution in [2.75, 3.05) is 24.8 Å². The molecule has 3 heterocycles. The van der Waals surface area contributed by atoms with Crippen LogP contribution in [-0.2, 0) is 14.0 Å². The largest absolute Gasteiger partial charge is 0.387 e. The summed E-state index contributed by atoms with van der Waals surface area (Å²) in [6, 6.07) is 0. The van der Waals surface area contributed by atoms with E-state index < -0.39 is 38.5 Å². The maximum absolute atomic E-state index is 10.9. The number of hydrogen-bond acceptors (Lipinski definition) is 9.